The lowest BCUT2D eigenvalue weighted by Gasteiger charge is -2.17. The van der Waals surface area contributed by atoms with Gasteiger partial charge in [0.1, 0.15) is 17.5 Å². The fourth-order valence-corrected chi connectivity index (χ4v) is 2.05. The zero-order valence-electron chi connectivity index (χ0n) is 10.6. The Morgan fingerprint density at radius 3 is 2.58 bits per heavy atom. The van der Waals surface area contributed by atoms with Gasteiger partial charge in [0.25, 0.3) is 0 Å². The largest absolute Gasteiger partial charge is 0.335 e. The summed E-state index contributed by atoms with van der Waals surface area (Å²) in [4.78, 5) is 4.23. The van der Waals surface area contributed by atoms with E-state index in [1.165, 1.54) is 12.1 Å². The Morgan fingerprint density at radius 1 is 1.32 bits per heavy atom. The summed E-state index contributed by atoms with van der Waals surface area (Å²) in [7, 11) is 0. The van der Waals surface area contributed by atoms with Gasteiger partial charge in [0, 0.05) is 31.4 Å². The van der Waals surface area contributed by atoms with Crippen LogP contribution in [0.25, 0.3) is 0 Å². The third-order valence-corrected chi connectivity index (χ3v) is 3.02. The summed E-state index contributed by atoms with van der Waals surface area (Å²) < 4.78 is 28.4. The molecule has 1 unspecified atom stereocenters. The normalized spacial score (nSPS) is 12.6. The van der Waals surface area contributed by atoms with Crippen LogP contribution in [0.3, 0.4) is 0 Å². The standard InChI is InChI=1S/C13H16F2N4/c1-2-19-4-3-17-13(19)8-12(18-16)9-5-10(14)7-11(15)6-9/h3-7,12,18H,2,8,16H2,1H3. The minimum Gasteiger partial charge on any atom is -0.335 e. The van der Waals surface area contributed by atoms with Gasteiger partial charge in [-0.15, -0.1) is 0 Å². The summed E-state index contributed by atoms with van der Waals surface area (Å²) in [6.45, 7) is 2.78. The predicted octanol–water partition coefficient (Wildman–Crippen LogP) is 1.93. The Labute approximate surface area is 110 Å². The molecule has 0 saturated heterocycles. The molecule has 19 heavy (non-hydrogen) atoms. The maximum absolute atomic E-state index is 13.2. The van der Waals surface area contributed by atoms with Crippen molar-refractivity contribution in [3.8, 4) is 0 Å². The van der Waals surface area contributed by atoms with Crippen molar-refractivity contribution in [3.05, 3.63) is 53.6 Å². The van der Waals surface area contributed by atoms with Gasteiger partial charge in [0.2, 0.25) is 0 Å². The Balaban J connectivity index is 2.25. The number of hydrogen-bond acceptors (Lipinski definition) is 3. The van der Waals surface area contributed by atoms with Crippen molar-refractivity contribution in [2.45, 2.75) is 25.9 Å². The quantitative estimate of drug-likeness (QED) is 0.642. The molecule has 0 aliphatic carbocycles. The van der Waals surface area contributed by atoms with E-state index >= 15 is 0 Å². The molecule has 1 heterocycles. The van der Waals surface area contributed by atoms with Crippen molar-refractivity contribution in [3.63, 3.8) is 0 Å². The number of rotatable bonds is 5. The fourth-order valence-electron chi connectivity index (χ4n) is 2.05. The number of hydrogen-bond donors (Lipinski definition) is 2. The van der Waals surface area contributed by atoms with Crippen LogP contribution in [0.5, 0.6) is 0 Å². The topological polar surface area (TPSA) is 55.9 Å². The number of hydrazine groups is 1. The van der Waals surface area contributed by atoms with Crippen molar-refractivity contribution >= 4 is 0 Å². The molecule has 1 atom stereocenters. The van der Waals surface area contributed by atoms with E-state index in [1.54, 1.807) is 6.20 Å². The molecule has 6 heteroatoms. The van der Waals surface area contributed by atoms with Crippen molar-refractivity contribution < 1.29 is 8.78 Å². The highest BCUT2D eigenvalue weighted by Gasteiger charge is 2.15. The maximum atomic E-state index is 13.2. The number of aromatic nitrogens is 2. The van der Waals surface area contributed by atoms with Gasteiger partial charge in [-0.25, -0.2) is 13.8 Å². The molecule has 0 radical (unpaired) electrons. The summed E-state index contributed by atoms with van der Waals surface area (Å²) in [5.74, 6) is 5.06. The zero-order chi connectivity index (χ0) is 13.8. The van der Waals surface area contributed by atoms with Gasteiger partial charge in [-0.3, -0.25) is 11.3 Å². The number of nitrogens with one attached hydrogen (secondary N) is 1. The minimum atomic E-state index is -0.617. The Kier molecular flexibility index (Phi) is 4.24. The van der Waals surface area contributed by atoms with Crippen LogP contribution in [-0.4, -0.2) is 9.55 Å². The highest BCUT2D eigenvalue weighted by Crippen LogP contribution is 2.19. The van der Waals surface area contributed by atoms with E-state index < -0.39 is 17.7 Å². The average molecular weight is 266 g/mol. The van der Waals surface area contributed by atoms with E-state index in [-0.39, 0.29) is 0 Å². The van der Waals surface area contributed by atoms with E-state index in [9.17, 15) is 8.78 Å². The number of aryl methyl sites for hydroxylation is 1. The fraction of sp³-hybridized carbons (Fsp3) is 0.308. The summed E-state index contributed by atoms with van der Waals surface area (Å²) in [6, 6.07) is 2.99. The third kappa shape index (κ3) is 3.15. The van der Waals surface area contributed by atoms with Crippen molar-refractivity contribution in [1.82, 2.24) is 15.0 Å². The third-order valence-electron chi connectivity index (χ3n) is 3.02. The molecule has 2 aromatic rings. The van der Waals surface area contributed by atoms with Gasteiger partial charge in [-0.05, 0) is 24.6 Å². The smallest absolute Gasteiger partial charge is 0.126 e. The zero-order valence-corrected chi connectivity index (χ0v) is 10.6. The number of benzene rings is 1. The number of nitrogens with zero attached hydrogens (tertiary/aromatic N) is 2. The molecule has 1 aromatic heterocycles. The lowest BCUT2D eigenvalue weighted by atomic mass is 10.0. The first kappa shape index (κ1) is 13.6. The Morgan fingerprint density at radius 2 is 2.00 bits per heavy atom. The SMILES string of the molecule is CCn1ccnc1CC(NN)c1cc(F)cc(F)c1. The first-order valence-corrected chi connectivity index (χ1v) is 6.06. The Bertz CT molecular complexity index is 533. The molecular formula is C13H16F2N4. The molecule has 0 fully saturated rings. The van der Waals surface area contributed by atoms with Crippen LogP contribution in [0.1, 0.15) is 24.4 Å². The summed E-state index contributed by atoms with van der Waals surface area (Å²) >= 11 is 0. The predicted molar refractivity (Wildman–Crippen MR) is 68.0 cm³/mol. The van der Waals surface area contributed by atoms with Crippen molar-refractivity contribution in [2.24, 2.45) is 5.84 Å². The van der Waals surface area contributed by atoms with E-state index in [1.807, 2.05) is 17.7 Å². The molecule has 2 rings (SSSR count). The van der Waals surface area contributed by atoms with Crippen LogP contribution in [0.4, 0.5) is 8.78 Å². The van der Waals surface area contributed by atoms with E-state index in [0.717, 1.165) is 18.4 Å². The van der Waals surface area contributed by atoms with Gasteiger partial charge in [-0.2, -0.15) is 0 Å². The molecule has 0 saturated carbocycles. The number of imidazole rings is 1. The summed E-state index contributed by atoms with van der Waals surface area (Å²) in [5, 5.41) is 0. The van der Waals surface area contributed by atoms with Gasteiger partial charge in [-0.1, -0.05) is 0 Å². The van der Waals surface area contributed by atoms with Crippen LogP contribution in [0.15, 0.2) is 30.6 Å². The molecule has 0 aliphatic rings. The van der Waals surface area contributed by atoms with Crippen molar-refractivity contribution in [1.29, 1.82) is 0 Å². The van der Waals surface area contributed by atoms with Crippen LogP contribution in [0.2, 0.25) is 0 Å². The van der Waals surface area contributed by atoms with E-state index in [2.05, 4.69) is 10.4 Å². The molecule has 102 valence electrons. The first-order chi connectivity index (χ1) is 9.13. The van der Waals surface area contributed by atoms with Crippen LogP contribution >= 0.6 is 0 Å². The van der Waals surface area contributed by atoms with Gasteiger partial charge < -0.3 is 4.57 Å². The lowest BCUT2D eigenvalue weighted by Crippen LogP contribution is -2.30. The summed E-state index contributed by atoms with van der Waals surface area (Å²) in [6.07, 6.45) is 4.01. The molecule has 0 bridgehead atoms. The summed E-state index contributed by atoms with van der Waals surface area (Å²) in [5.41, 5.74) is 3.04. The molecule has 0 aliphatic heterocycles. The maximum Gasteiger partial charge on any atom is 0.126 e. The molecular weight excluding hydrogens is 250 g/mol. The second-order valence-corrected chi connectivity index (χ2v) is 4.26. The van der Waals surface area contributed by atoms with Crippen LogP contribution in [0, 0.1) is 11.6 Å². The van der Waals surface area contributed by atoms with Crippen LogP contribution < -0.4 is 11.3 Å². The number of halogens is 2. The highest BCUT2D eigenvalue weighted by atomic mass is 19.1. The van der Waals surface area contributed by atoms with Crippen LogP contribution in [-0.2, 0) is 13.0 Å². The highest BCUT2D eigenvalue weighted by molar-refractivity contribution is 5.22. The molecule has 3 N–H and O–H groups in total. The van der Waals surface area contributed by atoms with Gasteiger partial charge in [0.15, 0.2) is 0 Å². The second-order valence-electron chi connectivity index (χ2n) is 4.26. The monoisotopic (exact) mass is 266 g/mol. The van der Waals surface area contributed by atoms with Gasteiger partial charge in [0.05, 0.1) is 6.04 Å². The second kappa shape index (κ2) is 5.90. The van der Waals surface area contributed by atoms with Gasteiger partial charge >= 0.3 is 0 Å². The lowest BCUT2D eigenvalue weighted by molar-refractivity contribution is 0.510. The molecule has 1 aromatic carbocycles. The molecule has 4 nitrogen and oxygen atoms in total. The van der Waals surface area contributed by atoms with Crippen molar-refractivity contribution in [2.75, 3.05) is 0 Å². The first-order valence-electron chi connectivity index (χ1n) is 6.06. The Hall–Kier alpha value is -1.79. The molecule has 0 spiro atoms. The number of nitrogens with two attached hydrogens (primary N) is 1. The molecule has 0 amide bonds. The van der Waals surface area contributed by atoms with E-state index in [4.69, 9.17) is 5.84 Å². The van der Waals surface area contributed by atoms with E-state index in [0.29, 0.717) is 12.0 Å². The minimum absolute atomic E-state index is 0.391. The average Bonchev–Trinajstić information content (AvgIpc) is 2.81.